The molecule has 0 aromatic rings. The van der Waals surface area contributed by atoms with Crippen molar-refractivity contribution < 1.29 is 14.7 Å². The van der Waals surface area contributed by atoms with Gasteiger partial charge < -0.3 is 15.7 Å². The Hall–Kier alpha value is -1.17. The summed E-state index contributed by atoms with van der Waals surface area (Å²) < 4.78 is 0. The number of rotatable bonds is 6. The molecule has 0 fully saturated rings. The number of hydrogen-bond acceptors (Lipinski definition) is 3. The van der Waals surface area contributed by atoms with E-state index in [9.17, 15) is 9.59 Å². The Labute approximate surface area is 105 Å². The first kappa shape index (κ1) is 13.9. The van der Waals surface area contributed by atoms with E-state index in [2.05, 4.69) is 10.6 Å². The van der Waals surface area contributed by atoms with Crippen LogP contribution < -0.4 is 10.6 Å². The van der Waals surface area contributed by atoms with Gasteiger partial charge >= 0.3 is 12.0 Å². The second-order valence-electron chi connectivity index (χ2n) is 3.92. The first-order valence-electron chi connectivity index (χ1n) is 5.58. The molecule has 2 amide bonds. The second kappa shape index (κ2) is 7.21. The van der Waals surface area contributed by atoms with Gasteiger partial charge in [0.1, 0.15) is 0 Å². The molecule has 0 aromatic carbocycles. The zero-order valence-electron chi connectivity index (χ0n) is 9.81. The number of carboxylic acids is 1. The van der Waals surface area contributed by atoms with Crippen molar-refractivity contribution in [1.29, 1.82) is 0 Å². The number of hydrogen-bond donors (Lipinski definition) is 3. The van der Waals surface area contributed by atoms with Crippen LogP contribution in [0.25, 0.3) is 0 Å². The molecule has 0 spiro atoms. The molecule has 2 unspecified atom stereocenters. The molecule has 1 aliphatic carbocycles. The normalized spacial score (nSPS) is 22.4. The van der Waals surface area contributed by atoms with Crippen molar-refractivity contribution in [1.82, 2.24) is 10.6 Å². The van der Waals surface area contributed by atoms with E-state index >= 15 is 0 Å². The molecule has 17 heavy (non-hydrogen) atoms. The molecule has 0 saturated carbocycles. The van der Waals surface area contributed by atoms with Gasteiger partial charge in [-0.1, -0.05) is 12.2 Å². The van der Waals surface area contributed by atoms with E-state index in [0.29, 0.717) is 13.0 Å². The summed E-state index contributed by atoms with van der Waals surface area (Å²) in [6.45, 7) is 0.644. The first-order valence-corrected chi connectivity index (χ1v) is 6.97. The molecule has 0 aromatic heterocycles. The van der Waals surface area contributed by atoms with E-state index in [1.54, 1.807) is 23.9 Å². The third-order valence-corrected chi connectivity index (χ3v) is 3.23. The van der Waals surface area contributed by atoms with Crippen molar-refractivity contribution in [3.05, 3.63) is 12.2 Å². The molecular formula is C11H18N2O3S. The smallest absolute Gasteiger partial charge is 0.315 e. The molecule has 0 aliphatic heterocycles. The van der Waals surface area contributed by atoms with E-state index in [0.717, 1.165) is 12.2 Å². The minimum atomic E-state index is -0.842. The zero-order chi connectivity index (χ0) is 12.7. The summed E-state index contributed by atoms with van der Waals surface area (Å²) in [6, 6.07) is -0.400. The number of nitrogens with one attached hydrogen (secondary N) is 2. The Balaban J connectivity index is 2.16. The van der Waals surface area contributed by atoms with Gasteiger partial charge in [0.05, 0.1) is 12.0 Å². The molecule has 1 rings (SSSR count). The van der Waals surface area contributed by atoms with E-state index in [1.165, 1.54) is 0 Å². The van der Waals surface area contributed by atoms with Crippen molar-refractivity contribution in [2.24, 2.45) is 5.92 Å². The lowest BCUT2D eigenvalue weighted by Crippen LogP contribution is -2.41. The van der Waals surface area contributed by atoms with Crippen LogP contribution in [0.15, 0.2) is 12.2 Å². The highest BCUT2D eigenvalue weighted by Gasteiger charge is 2.25. The van der Waals surface area contributed by atoms with Gasteiger partial charge in [0.2, 0.25) is 0 Å². The van der Waals surface area contributed by atoms with Crippen LogP contribution in [-0.2, 0) is 4.79 Å². The van der Waals surface area contributed by atoms with Gasteiger partial charge in [-0.25, -0.2) is 4.79 Å². The Kier molecular flexibility index (Phi) is 5.90. The minimum absolute atomic E-state index is 0.170. The van der Waals surface area contributed by atoms with Crippen LogP contribution in [0.3, 0.4) is 0 Å². The Morgan fingerprint density at radius 3 is 2.82 bits per heavy atom. The van der Waals surface area contributed by atoms with E-state index < -0.39 is 11.9 Å². The topological polar surface area (TPSA) is 78.4 Å². The van der Waals surface area contributed by atoms with Crippen LogP contribution in [0.2, 0.25) is 0 Å². The van der Waals surface area contributed by atoms with E-state index in [4.69, 9.17) is 5.11 Å². The lowest BCUT2D eigenvalue weighted by molar-refractivity contribution is -0.140. The standard InChI is InChI=1S/C11H18N2O3S/c1-17-6-2-5-12-11(16)13-9-4-3-8(7-9)10(14)15/h3-4,8-9H,2,5-7H2,1H3,(H,14,15)(H2,12,13,16). The highest BCUT2D eigenvalue weighted by Crippen LogP contribution is 2.17. The molecule has 1 aliphatic rings. The Morgan fingerprint density at radius 1 is 1.47 bits per heavy atom. The van der Waals surface area contributed by atoms with Gasteiger partial charge in [-0.15, -0.1) is 0 Å². The fourth-order valence-corrected chi connectivity index (χ4v) is 2.06. The number of amides is 2. The van der Waals surface area contributed by atoms with Gasteiger partial charge in [-0.2, -0.15) is 11.8 Å². The largest absolute Gasteiger partial charge is 0.481 e. The van der Waals surface area contributed by atoms with Crippen LogP contribution in [0.1, 0.15) is 12.8 Å². The fourth-order valence-electron chi connectivity index (χ4n) is 1.63. The number of carboxylic acid groups (broad SMARTS) is 1. The minimum Gasteiger partial charge on any atom is -0.481 e. The molecule has 5 nitrogen and oxygen atoms in total. The van der Waals surface area contributed by atoms with Crippen LogP contribution >= 0.6 is 11.8 Å². The lowest BCUT2D eigenvalue weighted by Gasteiger charge is -2.12. The molecule has 3 N–H and O–H groups in total. The van der Waals surface area contributed by atoms with Crippen molar-refractivity contribution >= 4 is 23.8 Å². The molecule has 6 heteroatoms. The van der Waals surface area contributed by atoms with Crippen molar-refractivity contribution in [3.8, 4) is 0 Å². The van der Waals surface area contributed by atoms with Crippen molar-refractivity contribution in [2.45, 2.75) is 18.9 Å². The maximum atomic E-state index is 11.4. The summed E-state index contributed by atoms with van der Waals surface area (Å²) in [5, 5.41) is 14.3. The molecule has 96 valence electrons. The maximum Gasteiger partial charge on any atom is 0.315 e. The average Bonchev–Trinajstić information content (AvgIpc) is 2.73. The third-order valence-electron chi connectivity index (χ3n) is 2.53. The summed E-state index contributed by atoms with van der Waals surface area (Å²) in [6.07, 6.45) is 6.76. The van der Waals surface area contributed by atoms with Crippen LogP contribution in [0.5, 0.6) is 0 Å². The molecule has 0 bridgehead atoms. The third kappa shape index (κ3) is 5.12. The monoisotopic (exact) mass is 258 g/mol. The van der Waals surface area contributed by atoms with E-state index in [-0.39, 0.29) is 12.1 Å². The van der Waals surface area contributed by atoms with Crippen molar-refractivity contribution in [3.63, 3.8) is 0 Å². The summed E-state index contributed by atoms with van der Waals surface area (Å²) in [5.41, 5.74) is 0. The quantitative estimate of drug-likeness (QED) is 0.492. The number of aliphatic carboxylic acids is 1. The first-order chi connectivity index (χ1) is 8.13. The highest BCUT2D eigenvalue weighted by atomic mass is 32.2. The molecule has 0 radical (unpaired) electrons. The Bertz CT molecular complexity index is 307. The molecule has 0 saturated heterocycles. The van der Waals surface area contributed by atoms with Crippen LogP contribution in [0, 0.1) is 5.92 Å². The van der Waals surface area contributed by atoms with Crippen LogP contribution in [-0.4, -0.2) is 41.7 Å². The Morgan fingerprint density at radius 2 is 2.24 bits per heavy atom. The van der Waals surface area contributed by atoms with Gasteiger partial charge in [0.25, 0.3) is 0 Å². The number of thioether (sulfide) groups is 1. The van der Waals surface area contributed by atoms with Crippen LogP contribution in [0.4, 0.5) is 4.79 Å². The summed E-state index contributed by atoms with van der Waals surface area (Å²) in [5.74, 6) is -0.298. The summed E-state index contributed by atoms with van der Waals surface area (Å²) >= 11 is 1.74. The van der Waals surface area contributed by atoms with Gasteiger partial charge in [-0.05, 0) is 24.9 Å². The fraction of sp³-hybridized carbons (Fsp3) is 0.636. The lowest BCUT2D eigenvalue weighted by atomic mass is 10.1. The average molecular weight is 258 g/mol. The SMILES string of the molecule is CSCCCNC(=O)NC1C=CC(C(=O)O)C1. The number of carbonyl (C=O) groups is 2. The second-order valence-corrected chi connectivity index (χ2v) is 4.90. The van der Waals surface area contributed by atoms with Gasteiger partial charge in [-0.3, -0.25) is 4.79 Å². The predicted octanol–water partition coefficient (Wildman–Crippen LogP) is 1.07. The maximum absolute atomic E-state index is 11.4. The van der Waals surface area contributed by atoms with Crippen molar-refractivity contribution in [2.75, 3.05) is 18.6 Å². The number of urea groups is 1. The molecule has 2 atom stereocenters. The van der Waals surface area contributed by atoms with E-state index in [1.807, 2.05) is 6.26 Å². The summed E-state index contributed by atoms with van der Waals surface area (Å²) in [7, 11) is 0. The molecular weight excluding hydrogens is 240 g/mol. The number of carbonyl (C=O) groups excluding carboxylic acids is 1. The zero-order valence-corrected chi connectivity index (χ0v) is 10.6. The highest BCUT2D eigenvalue weighted by molar-refractivity contribution is 7.98. The summed E-state index contributed by atoms with van der Waals surface area (Å²) in [4.78, 5) is 22.1. The van der Waals surface area contributed by atoms with Gasteiger partial charge in [0, 0.05) is 6.54 Å². The van der Waals surface area contributed by atoms with Gasteiger partial charge in [0.15, 0.2) is 0 Å². The molecule has 0 heterocycles. The predicted molar refractivity (Wildman–Crippen MR) is 68.2 cm³/mol.